The first kappa shape index (κ1) is 17.7. The molecule has 126 valence electrons. The quantitative estimate of drug-likeness (QED) is 0.395. The molecule has 1 heterocycles. The molecule has 0 bridgehead atoms. The van der Waals surface area contributed by atoms with Gasteiger partial charge in [0.15, 0.2) is 0 Å². The number of ether oxygens (including phenoxy) is 2. The second-order valence-electron chi connectivity index (χ2n) is 5.81. The Labute approximate surface area is 144 Å². The number of rotatable bonds is 4. The van der Waals surface area contributed by atoms with E-state index in [1.165, 1.54) is 17.6 Å². The largest absolute Gasteiger partial charge is 0.443 e. The van der Waals surface area contributed by atoms with Gasteiger partial charge in [-0.2, -0.15) is 5.10 Å². The van der Waals surface area contributed by atoms with Crippen molar-refractivity contribution in [2.24, 2.45) is 5.10 Å². The summed E-state index contributed by atoms with van der Waals surface area (Å²) in [5.41, 5.74) is 2.35. The van der Waals surface area contributed by atoms with Crippen molar-refractivity contribution in [1.29, 1.82) is 0 Å². The van der Waals surface area contributed by atoms with Gasteiger partial charge in [0.05, 0.1) is 6.21 Å². The summed E-state index contributed by atoms with van der Waals surface area (Å²) in [7, 11) is 0. The highest BCUT2D eigenvalue weighted by Crippen LogP contribution is 2.16. The molecule has 0 fully saturated rings. The summed E-state index contributed by atoms with van der Waals surface area (Å²) < 4.78 is 10.4. The molecule has 2 rings (SSSR count). The van der Waals surface area contributed by atoms with E-state index in [0.29, 0.717) is 16.2 Å². The van der Waals surface area contributed by atoms with Crippen LogP contribution in [0.1, 0.15) is 36.0 Å². The van der Waals surface area contributed by atoms with Gasteiger partial charge in [-0.15, -0.1) is 11.3 Å². The Morgan fingerprint density at radius 3 is 2.67 bits per heavy atom. The van der Waals surface area contributed by atoms with E-state index < -0.39 is 17.7 Å². The fourth-order valence-electron chi connectivity index (χ4n) is 1.67. The molecule has 0 atom stereocenters. The van der Waals surface area contributed by atoms with Gasteiger partial charge in [0.2, 0.25) is 0 Å². The van der Waals surface area contributed by atoms with Gasteiger partial charge in [-0.1, -0.05) is 18.2 Å². The van der Waals surface area contributed by atoms with E-state index in [1.54, 1.807) is 57.2 Å². The van der Waals surface area contributed by atoms with Crippen molar-refractivity contribution >= 4 is 29.6 Å². The molecule has 24 heavy (non-hydrogen) atoms. The van der Waals surface area contributed by atoms with E-state index in [1.807, 2.05) is 5.38 Å². The first-order valence-electron chi connectivity index (χ1n) is 7.21. The number of amides is 1. The summed E-state index contributed by atoms with van der Waals surface area (Å²) in [4.78, 5) is 23.9. The van der Waals surface area contributed by atoms with Crippen LogP contribution in [0.3, 0.4) is 0 Å². The molecule has 0 unspecified atom stereocenters. The van der Waals surface area contributed by atoms with Gasteiger partial charge >= 0.3 is 12.1 Å². The van der Waals surface area contributed by atoms with Gasteiger partial charge in [-0.3, -0.25) is 0 Å². The zero-order chi connectivity index (χ0) is 17.6. The van der Waals surface area contributed by atoms with Crippen LogP contribution in [0, 0.1) is 0 Å². The topological polar surface area (TPSA) is 77.0 Å². The van der Waals surface area contributed by atoms with Crippen LogP contribution < -0.4 is 10.2 Å². The molecular formula is C17H18N2O4S. The number of carbonyl (C=O) groups is 2. The van der Waals surface area contributed by atoms with Crippen molar-refractivity contribution in [2.45, 2.75) is 26.4 Å². The van der Waals surface area contributed by atoms with Crippen LogP contribution in [0.15, 0.2) is 46.9 Å². The first-order valence-corrected chi connectivity index (χ1v) is 8.09. The molecule has 0 saturated carbocycles. The third-order valence-electron chi connectivity index (χ3n) is 2.56. The molecule has 7 heteroatoms. The predicted octanol–water partition coefficient (Wildman–Crippen LogP) is 3.83. The Morgan fingerprint density at radius 2 is 2.00 bits per heavy atom. The van der Waals surface area contributed by atoms with E-state index in [2.05, 4.69) is 10.5 Å². The SMILES string of the molecule is CC(C)(C)OC(=O)N/N=C/c1cccc(OC(=O)c2cccs2)c1. The lowest BCUT2D eigenvalue weighted by molar-refractivity contribution is 0.0529. The minimum Gasteiger partial charge on any atom is -0.443 e. The summed E-state index contributed by atoms with van der Waals surface area (Å²) in [5, 5.41) is 5.62. The Balaban J connectivity index is 1.94. The Kier molecular flexibility index (Phi) is 5.70. The van der Waals surface area contributed by atoms with Gasteiger partial charge in [0, 0.05) is 0 Å². The lowest BCUT2D eigenvalue weighted by Gasteiger charge is -2.18. The van der Waals surface area contributed by atoms with E-state index in [0.717, 1.165) is 0 Å². The maximum absolute atomic E-state index is 11.9. The van der Waals surface area contributed by atoms with Crippen molar-refractivity contribution in [3.8, 4) is 5.75 Å². The number of thiophene rings is 1. The lowest BCUT2D eigenvalue weighted by atomic mass is 10.2. The van der Waals surface area contributed by atoms with Crippen LogP contribution in [0.2, 0.25) is 0 Å². The third-order valence-corrected chi connectivity index (χ3v) is 3.41. The van der Waals surface area contributed by atoms with Gasteiger partial charge in [-0.05, 0) is 49.9 Å². The number of hydrazone groups is 1. The maximum atomic E-state index is 11.9. The molecule has 6 nitrogen and oxygen atoms in total. The van der Waals surface area contributed by atoms with E-state index >= 15 is 0 Å². The number of benzene rings is 1. The molecule has 0 aliphatic rings. The molecule has 0 aliphatic carbocycles. The zero-order valence-corrected chi connectivity index (χ0v) is 14.4. The van der Waals surface area contributed by atoms with Gasteiger partial charge in [0.1, 0.15) is 16.2 Å². The van der Waals surface area contributed by atoms with Crippen LogP contribution in [-0.4, -0.2) is 23.9 Å². The Bertz CT molecular complexity index is 733. The molecule has 1 aromatic carbocycles. The molecule has 1 N–H and O–H groups in total. The molecule has 1 amide bonds. The summed E-state index contributed by atoms with van der Waals surface area (Å²) in [6, 6.07) is 10.3. The second kappa shape index (κ2) is 7.74. The number of carbonyl (C=O) groups excluding carboxylic acids is 2. The summed E-state index contributed by atoms with van der Waals surface area (Å²) in [5.74, 6) is -0.0133. The average molecular weight is 346 g/mol. The van der Waals surface area contributed by atoms with Gasteiger partial charge in [0.25, 0.3) is 0 Å². The standard InChI is InChI=1S/C17H18N2O4S/c1-17(2,3)23-16(21)19-18-11-12-6-4-7-13(10-12)22-15(20)14-8-5-9-24-14/h4-11H,1-3H3,(H,19,21)/b18-11+. The molecular weight excluding hydrogens is 328 g/mol. The maximum Gasteiger partial charge on any atom is 0.428 e. The fraction of sp³-hybridized carbons (Fsp3) is 0.235. The first-order chi connectivity index (χ1) is 11.3. The Hall–Kier alpha value is -2.67. The van der Waals surface area contributed by atoms with Crippen LogP contribution in [0.25, 0.3) is 0 Å². The number of nitrogens with zero attached hydrogens (tertiary/aromatic N) is 1. The highest BCUT2D eigenvalue weighted by Gasteiger charge is 2.15. The van der Waals surface area contributed by atoms with Crippen molar-refractivity contribution in [3.05, 3.63) is 52.2 Å². The minimum absolute atomic E-state index is 0.398. The molecule has 1 aromatic heterocycles. The smallest absolute Gasteiger partial charge is 0.428 e. The lowest BCUT2D eigenvalue weighted by Crippen LogP contribution is -2.29. The second-order valence-corrected chi connectivity index (χ2v) is 6.76. The summed E-state index contributed by atoms with van der Waals surface area (Å²) in [6.45, 7) is 5.30. The van der Waals surface area contributed by atoms with Crippen LogP contribution in [0.4, 0.5) is 4.79 Å². The molecule has 0 radical (unpaired) electrons. The molecule has 0 aliphatic heterocycles. The normalized spacial score (nSPS) is 11.3. The highest BCUT2D eigenvalue weighted by atomic mass is 32.1. The number of hydrogen-bond donors (Lipinski definition) is 1. The number of hydrogen-bond acceptors (Lipinski definition) is 6. The Morgan fingerprint density at radius 1 is 1.21 bits per heavy atom. The monoisotopic (exact) mass is 346 g/mol. The van der Waals surface area contributed by atoms with E-state index in [4.69, 9.17) is 9.47 Å². The van der Waals surface area contributed by atoms with Gasteiger partial charge in [-0.25, -0.2) is 15.0 Å². The van der Waals surface area contributed by atoms with E-state index in [9.17, 15) is 9.59 Å². The van der Waals surface area contributed by atoms with Crippen molar-refractivity contribution < 1.29 is 19.1 Å². The van der Waals surface area contributed by atoms with Gasteiger partial charge < -0.3 is 9.47 Å². The third kappa shape index (κ3) is 5.85. The van der Waals surface area contributed by atoms with Crippen molar-refractivity contribution in [3.63, 3.8) is 0 Å². The van der Waals surface area contributed by atoms with Crippen LogP contribution in [0.5, 0.6) is 5.75 Å². The fourth-order valence-corrected chi connectivity index (χ4v) is 2.27. The highest BCUT2D eigenvalue weighted by molar-refractivity contribution is 7.12. The summed E-state index contributed by atoms with van der Waals surface area (Å²) in [6.07, 6.45) is 0.797. The zero-order valence-electron chi connectivity index (χ0n) is 13.6. The predicted molar refractivity (Wildman–Crippen MR) is 92.7 cm³/mol. The number of esters is 1. The average Bonchev–Trinajstić information content (AvgIpc) is 3.00. The number of nitrogens with one attached hydrogen (secondary N) is 1. The minimum atomic E-state index is -0.640. The molecule has 0 spiro atoms. The summed E-state index contributed by atoms with van der Waals surface area (Å²) >= 11 is 1.31. The van der Waals surface area contributed by atoms with Crippen molar-refractivity contribution in [1.82, 2.24) is 5.43 Å². The molecule has 0 saturated heterocycles. The van der Waals surface area contributed by atoms with Crippen LogP contribution in [-0.2, 0) is 4.74 Å². The van der Waals surface area contributed by atoms with Crippen LogP contribution >= 0.6 is 11.3 Å². The van der Waals surface area contributed by atoms with E-state index in [-0.39, 0.29) is 0 Å². The van der Waals surface area contributed by atoms with Crippen molar-refractivity contribution in [2.75, 3.05) is 0 Å². The molecule has 2 aromatic rings.